The van der Waals surface area contributed by atoms with E-state index in [2.05, 4.69) is 0 Å². The van der Waals surface area contributed by atoms with Crippen molar-refractivity contribution in [1.82, 2.24) is 0 Å². The van der Waals surface area contributed by atoms with Crippen LogP contribution in [0.25, 0.3) is 0 Å². The van der Waals surface area contributed by atoms with E-state index in [1.54, 1.807) is 0 Å². The minimum Gasteiger partial charge on any atom is -0.396 e. The highest BCUT2D eigenvalue weighted by atomic mass is 16.5. The van der Waals surface area contributed by atoms with E-state index in [9.17, 15) is 0 Å². The van der Waals surface area contributed by atoms with Gasteiger partial charge in [-0.15, -0.1) is 0 Å². The van der Waals surface area contributed by atoms with E-state index in [0.717, 1.165) is 6.61 Å². The van der Waals surface area contributed by atoms with E-state index in [0.29, 0.717) is 24.5 Å². The Morgan fingerprint density at radius 2 is 2.40 bits per heavy atom. The zero-order valence-electron chi connectivity index (χ0n) is 6.12. The van der Waals surface area contributed by atoms with Crippen molar-refractivity contribution in [2.24, 2.45) is 11.8 Å². The summed E-state index contributed by atoms with van der Waals surface area (Å²) in [5.41, 5.74) is 0. The van der Waals surface area contributed by atoms with Crippen LogP contribution in [0, 0.1) is 11.8 Å². The first-order valence-corrected chi connectivity index (χ1v) is 4.14. The predicted molar refractivity (Wildman–Crippen MR) is 37.7 cm³/mol. The Hall–Kier alpha value is -0.0800. The molecule has 2 heteroatoms. The van der Waals surface area contributed by atoms with Crippen LogP contribution in [-0.4, -0.2) is 24.4 Å². The van der Waals surface area contributed by atoms with Crippen molar-refractivity contribution in [2.75, 3.05) is 13.2 Å². The van der Waals surface area contributed by atoms with Gasteiger partial charge in [-0.05, 0) is 31.1 Å². The molecule has 2 nitrogen and oxygen atoms in total. The van der Waals surface area contributed by atoms with Crippen LogP contribution in [0.4, 0.5) is 0 Å². The molecule has 1 saturated carbocycles. The lowest BCUT2D eigenvalue weighted by Gasteiger charge is -2.06. The molecule has 2 aliphatic rings. The molecule has 2 rings (SSSR count). The predicted octanol–water partition coefficient (Wildman–Crippen LogP) is 0.794. The van der Waals surface area contributed by atoms with E-state index in [1.165, 1.54) is 19.3 Å². The van der Waals surface area contributed by atoms with Crippen LogP contribution in [0.5, 0.6) is 0 Å². The van der Waals surface area contributed by atoms with Gasteiger partial charge < -0.3 is 9.84 Å². The molecule has 0 aromatic heterocycles. The minimum absolute atomic E-state index is 0.366. The molecule has 0 unspecified atom stereocenters. The van der Waals surface area contributed by atoms with Gasteiger partial charge in [-0.2, -0.15) is 0 Å². The Balaban J connectivity index is 1.79. The molecule has 0 aromatic rings. The van der Waals surface area contributed by atoms with Crippen LogP contribution in [0.3, 0.4) is 0 Å². The van der Waals surface area contributed by atoms with E-state index in [1.807, 2.05) is 0 Å². The summed E-state index contributed by atoms with van der Waals surface area (Å²) < 4.78 is 5.50. The maximum Gasteiger partial charge on any atom is 0.0607 e. The molecule has 2 fully saturated rings. The molecule has 58 valence electrons. The fraction of sp³-hybridized carbons (Fsp3) is 1.00. The quantitative estimate of drug-likeness (QED) is 0.617. The molecule has 1 saturated heterocycles. The van der Waals surface area contributed by atoms with Gasteiger partial charge in [0, 0.05) is 13.2 Å². The molecule has 1 N–H and O–H groups in total. The average Bonchev–Trinajstić information content (AvgIpc) is 2.56. The monoisotopic (exact) mass is 142 g/mol. The van der Waals surface area contributed by atoms with Crippen molar-refractivity contribution in [3.63, 3.8) is 0 Å². The summed E-state index contributed by atoms with van der Waals surface area (Å²) in [6.45, 7) is 1.31. The molecular weight excluding hydrogens is 128 g/mol. The van der Waals surface area contributed by atoms with E-state index >= 15 is 0 Å². The first-order chi connectivity index (χ1) is 4.92. The van der Waals surface area contributed by atoms with Gasteiger partial charge >= 0.3 is 0 Å². The van der Waals surface area contributed by atoms with Gasteiger partial charge in [0.25, 0.3) is 0 Å². The molecule has 1 aliphatic carbocycles. The highest BCUT2D eigenvalue weighted by molar-refractivity contribution is 4.92. The summed E-state index contributed by atoms with van der Waals surface area (Å²) in [6, 6.07) is 0. The van der Waals surface area contributed by atoms with Crippen molar-refractivity contribution >= 4 is 0 Å². The Kier molecular flexibility index (Phi) is 1.66. The van der Waals surface area contributed by atoms with Crippen molar-refractivity contribution in [3.8, 4) is 0 Å². The van der Waals surface area contributed by atoms with Crippen LogP contribution < -0.4 is 0 Å². The Morgan fingerprint density at radius 3 is 2.90 bits per heavy atom. The Morgan fingerprint density at radius 1 is 1.50 bits per heavy atom. The molecule has 3 atom stereocenters. The second kappa shape index (κ2) is 2.51. The SMILES string of the molecule is OC[C@@H]1C[C@@H]1[C@H]1CCCO1. The van der Waals surface area contributed by atoms with Gasteiger partial charge in [0.2, 0.25) is 0 Å². The zero-order valence-corrected chi connectivity index (χ0v) is 6.12. The van der Waals surface area contributed by atoms with Crippen LogP contribution in [0.15, 0.2) is 0 Å². The van der Waals surface area contributed by atoms with Crippen molar-refractivity contribution in [3.05, 3.63) is 0 Å². The number of aliphatic hydroxyl groups is 1. The summed E-state index contributed by atoms with van der Waals surface area (Å²) in [6.07, 6.45) is 4.14. The van der Waals surface area contributed by atoms with Crippen molar-refractivity contribution < 1.29 is 9.84 Å². The van der Waals surface area contributed by atoms with Crippen LogP contribution in [0.2, 0.25) is 0 Å². The van der Waals surface area contributed by atoms with Crippen molar-refractivity contribution in [1.29, 1.82) is 0 Å². The van der Waals surface area contributed by atoms with Gasteiger partial charge in [0.1, 0.15) is 0 Å². The van der Waals surface area contributed by atoms with E-state index < -0.39 is 0 Å². The van der Waals surface area contributed by atoms with Crippen LogP contribution in [0.1, 0.15) is 19.3 Å². The highest BCUT2D eigenvalue weighted by Gasteiger charge is 2.43. The fourth-order valence-electron chi connectivity index (χ4n) is 1.88. The molecule has 0 aromatic carbocycles. The number of hydrogen-bond donors (Lipinski definition) is 1. The molecular formula is C8H14O2. The third kappa shape index (κ3) is 1.06. The maximum atomic E-state index is 8.78. The van der Waals surface area contributed by atoms with Gasteiger partial charge in [-0.25, -0.2) is 0 Å². The smallest absolute Gasteiger partial charge is 0.0607 e. The second-order valence-corrected chi connectivity index (χ2v) is 3.39. The lowest BCUT2D eigenvalue weighted by Crippen LogP contribution is -2.09. The second-order valence-electron chi connectivity index (χ2n) is 3.39. The van der Waals surface area contributed by atoms with Crippen LogP contribution in [-0.2, 0) is 4.74 Å². The average molecular weight is 142 g/mol. The minimum atomic E-state index is 0.366. The molecule has 0 radical (unpaired) electrons. The first-order valence-electron chi connectivity index (χ1n) is 4.14. The van der Waals surface area contributed by atoms with E-state index in [-0.39, 0.29) is 0 Å². The Bertz CT molecular complexity index is 118. The molecule has 1 aliphatic heterocycles. The summed E-state index contributed by atoms with van der Waals surface area (Å²) in [7, 11) is 0. The lowest BCUT2D eigenvalue weighted by molar-refractivity contribution is 0.0855. The molecule has 1 heterocycles. The summed E-state index contributed by atoms with van der Waals surface area (Å²) in [5, 5.41) is 8.78. The molecule has 10 heavy (non-hydrogen) atoms. The maximum absolute atomic E-state index is 8.78. The number of ether oxygens (including phenoxy) is 1. The summed E-state index contributed by atoms with van der Waals surface area (Å²) in [5.74, 6) is 1.27. The van der Waals surface area contributed by atoms with Gasteiger partial charge in [0.05, 0.1) is 6.10 Å². The topological polar surface area (TPSA) is 29.5 Å². The van der Waals surface area contributed by atoms with Crippen molar-refractivity contribution in [2.45, 2.75) is 25.4 Å². The number of rotatable bonds is 2. The van der Waals surface area contributed by atoms with Gasteiger partial charge in [0.15, 0.2) is 0 Å². The van der Waals surface area contributed by atoms with Gasteiger partial charge in [-0.3, -0.25) is 0 Å². The number of aliphatic hydroxyl groups excluding tert-OH is 1. The zero-order chi connectivity index (χ0) is 6.97. The van der Waals surface area contributed by atoms with E-state index in [4.69, 9.17) is 9.84 Å². The Labute approximate surface area is 61.2 Å². The van der Waals surface area contributed by atoms with Crippen LogP contribution >= 0.6 is 0 Å². The standard InChI is InChI=1S/C8H14O2/c9-5-6-4-7(6)8-2-1-3-10-8/h6-9H,1-5H2/t6-,7-,8+/m0/s1. The first kappa shape index (κ1) is 6.62. The molecule has 0 bridgehead atoms. The third-order valence-electron chi connectivity index (χ3n) is 2.65. The normalized spacial score (nSPS) is 45.9. The fourth-order valence-corrected chi connectivity index (χ4v) is 1.88. The number of hydrogen-bond acceptors (Lipinski definition) is 2. The molecule has 0 amide bonds. The summed E-state index contributed by atoms with van der Waals surface area (Å²) >= 11 is 0. The molecule has 0 spiro atoms. The lowest BCUT2D eigenvalue weighted by atomic mass is 10.1. The van der Waals surface area contributed by atoms with Gasteiger partial charge in [-0.1, -0.05) is 0 Å². The summed E-state index contributed by atoms with van der Waals surface area (Å²) in [4.78, 5) is 0. The third-order valence-corrected chi connectivity index (χ3v) is 2.65. The largest absolute Gasteiger partial charge is 0.396 e. The highest BCUT2D eigenvalue weighted by Crippen LogP contribution is 2.44.